The maximum Gasteiger partial charge on any atom is 0.255 e. The average molecular weight is 522 g/mol. The van der Waals surface area contributed by atoms with Crippen molar-refractivity contribution in [2.45, 2.75) is 89.5 Å². The molecular formula is C25H39N5O5S. The number of methoxy groups -OCH3 is 1. The Labute approximate surface area is 213 Å². The number of aliphatic hydroxyl groups is 1. The van der Waals surface area contributed by atoms with E-state index in [0.29, 0.717) is 62.4 Å². The molecule has 0 amide bonds. The highest BCUT2D eigenvalue weighted by Gasteiger charge is 2.39. The van der Waals surface area contributed by atoms with Crippen LogP contribution in [0.4, 0.5) is 5.95 Å². The Morgan fingerprint density at radius 3 is 2.58 bits per heavy atom. The van der Waals surface area contributed by atoms with Crippen LogP contribution in [-0.4, -0.2) is 75.6 Å². The SMILES string of the molecule is COC(C)(C)CCS(=O)(=O)N1CCC(Nc2ncc3cc(C)c(=O)n([C@@H]4CCC[C@@]4(C)O)c3n2)CC1. The molecule has 0 bridgehead atoms. The van der Waals surface area contributed by atoms with Gasteiger partial charge in [-0.05, 0) is 72.3 Å². The zero-order valence-corrected chi connectivity index (χ0v) is 22.8. The summed E-state index contributed by atoms with van der Waals surface area (Å²) in [5, 5.41) is 15.0. The number of sulfonamides is 1. The standard InChI is InChI=1S/C25H39N5O5S/c1-17-15-18-16-26-23(28-21(18)30(22(17)31)20-7-6-10-25(20,4)32)27-19-8-12-29(13-9-19)36(33,34)14-11-24(2,3)35-5/h15-16,19-20,32H,6-14H2,1-5H3,(H,26,27,28)/t20-,25-/m1/s1. The van der Waals surface area contributed by atoms with E-state index in [4.69, 9.17) is 9.72 Å². The molecule has 1 aliphatic carbocycles. The number of hydrogen-bond acceptors (Lipinski definition) is 8. The summed E-state index contributed by atoms with van der Waals surface area (Å²) in [4.78, 5) is 22.3. The molecule has 2 aromatic rings. The topological polar surface area (TPSA) is 127 Å². The number of nitrogens with zero attached hydrogens (tertiary/aromatic N) is 4. The van der Waals surface area contributed by atoms with Gasteiger partial charge in [-0.25, -0.2) is 17.7 Å². The first-order valence-electron chi connectivity index (χ1n) is 12.7. The molecule has 2 aromatic heterocycles. The van der Waals surface area contributed by atoms with Crippen LogP contribution in [0.1, 0.15) is 70.9 Å². The van der Waals surface area contributed by atoms with Gasteiger partial charge in [-0.1, -0.05) is 0 Å². The number of aryl methyl sites for hydroxylation is 1. The van der Waals surface area contributed by atoms with Crippen LogP contribution in [0.2, 0.25) is 0 Å². The van der Waals surface area contributed by atoms with E-state index < -0.39 is 21.2 Å². The van der Waals surface area contributed by atoms with Crippen molar-refractivity contribution in [3.05, 3.63) is 28.2 Å². The van der Waals surface area contributed by atoms with Crippen molar-refractivity contribution in [3.63, 3.8) is 0 Å². The minimum atomic E-state index is -3.35. The van der Waals surface area contributed by atoms with E-state index in [0.717, 1.165) is 11.8 Å². The van der Waals surface area contributed by atoms with E-state index in [9.17, 15) is 18.3 Å². The van der Waals surface area contributed by atoms with Crippen molar-refractivity contribution in [1.29, 1.82) is 0 Å². The lowest BCUT2D eigenvalue weighted by molar-refractivity contribution is 0.0200. The molecule has 10 nitrogen and oxygen atoms in total. The lowest BCUT2D eigenvalue weighted by atomic mass is 9.99. The summed E-state index contributed by atoms with van der Waals surface area (Å²) in [5.74, 6) is 0.460. The molecule has 0 radical (unpaired) electrons. The molecular weight excluding hydrogens is 482 g/mol. The Morgan fingerprint density at radius 1 is 1.28 bits per heavy atom. The number of aromatic nitrogens is 3. The Balaban J connectivity index is 1.49. The number of rotatable bonds is 8. The Kier molecular flexibility index (Phi) is 7.49. The van der Waals surface area contributed by atoms with Gasteiger partial charge in [0.2, 0.25) is 16.0 Å². The minimum absolute atomic E-state index is 0.0181. The Hall–Kier alpha value is -2.08. The third-order valence-electron chi connectivity index (χ3n) is 7.84. The van der Waals surface area contributed by atoms with Crippen molar-refractivity contribution < 1.29 is 18.3 Å². The fourth-order valence-electron chi connectivity index (χ4n) is 5.22. The Bertz CT molecular complexity index is 1270. The second-order valence-electron chi connectivity index (χ2n) is 11.1. The van der Waals surface area contributed by atoms with Crippen LogP contribution in [0.5, 0.6) is 0 Å². The van der Waals surface area contributed by atoms with E-state index in [-0.39, 0.29) is 23.4 Å². The van der Waals surface area contributed by atoms with E-state index in [1.165, 1.54) is 0 Å². The van der Waals surface area contributed by atoms with Crippen LogP contribution >= 0.6 is 0 Å². The zero-order chi connectivity index (χ0) is 26.3. The summed E-state index contributed by atoms with van der Waals surface area (Å²) in [6.07, 6.45) is 5.60. The van der Waals surface area contributed by atoms with E-state index >= 15 is 0 Å². The first kappa shape index (κ1) is 27.0. The highest BCUT2D eigenvalue weighted by molar-refractivity contribution is 7.89. The lowest BCUT2D eigenvalue weighted by Gasteiger charge is -2.32. The van der Waals surface area contributed by atoms with Gasteiger partial charge in [-0.3, -0.25) is 9.36 Å². The van der Waals surface area contributed by atoms with Gasteiger partial charge < -0.3 is 15.2 Å². The number of ether oxygens (including phenoxy) is 1. The van der Waals surface area contributed by atoms with Gasteiger partial charge in [0.25, 0.3) is 5.56 Å². The quantitative estimate of drug-likeness (QED) is 0.543. The number of pyridine rings is 1. The number of anilines is 1. The number of piperidine rings is 1. The van der Waals surface area contributed by atoms with Crippen LogP contribution in [0.25, 0.3) is 11.0 Å². The van der Waals surface area contributed by atoms with Crippen LogP contribution in [0.3, 0.4) is 0 Å². The first-order valence-corrected chi connectivity index (χ1v) is 14.3. The molecule has 11 heteroatoms. The predicted molar refractivity (Wildman–Crippen MR) is 140 cm³/mol. The van der Waals surface area contributed by atoms with Crippen molar-refractivity contribution in [2.75, 3.05) is 31.3 Å². The van der Waals surface area contributed by atoms with Gasteiger partial charge in [0.1, 0.15) is 5.65 Å². The first-order chi connectivity index (χ1) is 16.8. The van der Waals surface area contributed by atoms with E-state index in [1.54, 1.807) is 42.1 Å². The minimum Gasteiger partial charge on any atom is -0.388 e. The lowest BCUT2D eigenvalue weighted by Crippen LogP contribution is -2.44. The highest BCUT2D eigenvalue weighted by atomic mass is 32.2. The number of nitrogens with one attached hydrogen (secondary N) is 1. The fourth-order valence-corrected chi connectivity index (χ4v) is 7.00. The maximum atomic E-state index is 13.1. The third-order valence-corrected chi connectivity index (χ3v) is 9.71. The van der Waals surface area contributed by atoms with Gasteiger partial charge in [0.15, 0.2) is 0 Å². The largest absolute Gasteiger partial charge is 0.388 e. The summed E-state index contributed by atoms with van der Waals surface area (Å²) in [6, 6.07) is 1.46. The molecule has 36 heavy (non-hydrogen) atoms. The summed E-state index contributed by atoms with van der Waals surface area (Å²) in [6.45, 7) is 8.18. The number of fused-ring (bicyclic) bond motifs is 1. The maximum absolute atomic E-state index is 13.1. The number of hydrogen-bond donors (Lipinski definition) is 2. The summed E-state index contributed by atoms with van der Waals surface area (Å²) in [5.41, 5.74) is -0.492. The molecule has 2 aliphatic rings. The smallest absolute Gasteiger partial charge is 0.255 e. The second kappa shape index (κ2) is 10.00. The van der Waals surface area contributed by atoms with Crippen LogP contribution in [0.15, 0.2) is 17.1 Å². The molecule has 2 atom stereocenters. The van der Waals surface area contributed by atoms with Gasteiger partial charge in [0, 0.05) is 43.4 Å². The molecule has 0 aromatic carbocycles. The molecule has 2 N–H and O–H groups in total. The molecule has 1 saturated heterocycles. The van der Waals surface area contributed by atoms with Crippen LogP contribution in [-0.2, 0) is 14.8 Å². The molecule has 4 rings (SSSR count). The summed E-state index contributed by atoms with van der Waals surface area (Å²) < 4.78 is 34.2. The van der Waals surface area contributed by atoms with Crippen molar-refractivity contribution in [3.8, 4) is 0 Å². The monoisotopic (exact) mass is 521 g/mol. The average Bonchev–Trinajstić information content (AvgIpc) is 3.18. The molecule has 1 aliphatic heterocycles. The zero-order valence-electron chi connectivity index (χ0n) is 22.0. The summed E-state index contributed by atoms with van der Waals surface area (Å²) >= 11 is 0. The van der Waals surface area contributed by atoms with Crippen molar-refractivity contribution >= 4 is 27.0 Å². The molecule has 200 valence electrons. The highest BCUT2D eigenvalue weighted by Crippen LogP contribution is 2.39. The van der Waals surface area contributed by atoms with Crippen molar-refractivity contribution in [2.24, 2.45) is 0 Å². The van der Waals surface area contributed by atoms with Crippen LogP contribution in [0, 0.1) is 6.92 Å². The molecule has 0 unspecified atom stereocenters. The normalized spacial score (nSPS) is 24.4. The molecule has 2 fully saturated rings. The van der Waals surface area contributed by atoms with Gasteiger partial charge in [0.05, 0.1) is 23.0 Å². The van der Waals surface area contributed by atoms with Gasteiger partial charge in [-0.15, -0.1) is 0 Å². The third kappa shape index (κ3) is 5.58. The molecule has 1 saturated carbocycles. The van der Waals surface area contributed by atoms with Crippen molar-refractivity contribution in [1.82, 2.24) is 18.8 Å². The summed E-state index contributed by atoms with van der Waals surface area (Å²) in [7, 11) is -1.76. The van der Waals surface area contributed by atoms with Gasteiger partial charge in [-0.2, -0.15) is 4.98 Å². The predicted octanol–water partition coefficient (Wildman–Crippen LogP) is 2.60. The fraction of sp³-hybridized carbons (Fsp3) is 0.720. The van der Waals surface area contributed by atoms with Gasteiger partial charge >= 0.3 is 0 Å². The second-order valence-corrected chi connectivity index (χ2v) is 13.2. The van der Waals surface area contributed by atoms with E-state index in [2.05, 4.69) is 10.3 Å². The molecule has 3 heterocycles. The van der Waals surface area contributed by atoms with Crippen LogP contribution < -0.4 is 10.9 Å². The molecule has 0 spiro atoms. The van der Waals surface area contributed by atoms with E-state index in [1.807, 2.05) is 13.8 Å². The Morgan fingerprint density at radius 2 is 1.97 bits per heavy atom.